The molecule has 0 aliphatic carbocycles. The largest absolute Gasteiger partial charge is 0.332 e. The first-order chi connectivity index (χ1) is 13.3. The molecular formula is C20H22ClN3O3S. The summed E-state index contributed by atoms with van der Waals surface area (Å²) >= 11 is 7.45. The third-order valence-corrected chi connectivity index (χ3v) is 5.67. The number of nitrogens with one attached hydrogen (secondary N) is 1. The molecule has 0 aliphatic heterocycles. The average Bonchev–Trinajstić information content (AvgIpc) is 3.10. The van der Waals surface area contributed by atoms with Gasteiger partial charge in [-0.05, 0) is 48.4 Å². The van der Waals surface area contributed by atoms with Crippen LogP contribution in [0, 0.1) is 12.8 Å². The lowest BCUT2D eigenvalue weighted by molar-refractivity contribution is -0.116. The van der Waals surface area contributed by atoms with Gasteiger partial charge in [0.05, 0.1) is 16.2 Å². The number of carbonyl (C=O) groups excluding carboxylic acids is 1. The number of thiophene rings is 1. The van der Waals surface area contributed by atoms with Crippen molar-refractivity contribution in [2.24, 2.45) is 5.92 Å². The topological polar surface area (TPSA) is 73.1 Å². The van der Waals surface area contributed by atoms with E-state index >= 15 is 0 Å². The van der Waals surface area contributed by atoms with Crippen molar-refractivity contribution in [2.45, 2.75) is 40.3 Å². The molecule has 28 heavy (non-hydrogen) atoms. The second-order valence-electron chi connectivity index (χ2n) is 7.17. The average molecular weight is 420 g/mol. The highest BCUT2D eigenvalue weighted by Gasteiger charge is 2.17. The predicted octanol–water partition coefficient (Wildman–Crippen LogP) is 3.87. The minimum Gasteiger partial charge on any atom is -0.323 e. The van der Waals surface area contributed by atoms with Crippen LogP contribution < -0.4 is 16.6 Å². The first-order valence-electron chi connectivity index (χ1n) is 9.04. The molecule has 0 atom stereocenters. The molecule has 3 rings (SSSR count). The number of anilines is 1. The third kappa shape index (κ3) is 4.20. The van der Waals surface area contributed by atoms with Gasteiger partial charge in [-0.25, -0.2) is 4.79 Å². The number of benzene rings is 1. The lowest BCUT2D eigenvalue weighted by atomic mass is 10.1. The van der Waals surface area contributed by atoms with Gasteiger partial charge in [-0.15, -0.1) is 11.3 Å². The van der Waals surface area contributed by atoms with Crippen molar-refractivity contribution in [3.05, 3.63) is 61.1 Å². The lowest BCUT2D eigenvalue weighted by Gasteiger charge is -2.13. The maximum Gasteiger partial charge on any atom is 0.332 e. The van der Waals surface area contributed by atoms with E-state index in [-0.39, 0.29) is 18.0 Å². The van der Waals surface area contributed by atoms with E-state index in [2.05, 4.69) is 5.32 Å². The molecule has 8 heteroatoms. The minimum atomic E-state index is -0.471. The molecule has 2 heterocycles. The van der Waals surface area contributed by atoms with Crippen LogP contribution in [0.5, 0.6) is 0 Å². The standard InChI is InChI=1S/C20H22ClN3O3S/c1-12(2)6-8-23-19(26)18-16(7-9-28-18)24(20(23)27)11-17(25)22-15-5-4-13(3)10-14(15)21/h4-5,7,9-10,12H,6,8,11H2,1-3H3,(H,22,25). The van der Waals surface area contributed by atoms with E-state index in [4.69, 9.17) is 11.6 Å². The second kappa shape index (κ2) is 8.32. The molecule has 1 N–H and O–H groups in total. The smallest absolute Gasteiger partial charge is 0.323 e. The monoisotopic (exact) mass is 419 g/mol. The quantitative estimate of drug-likeness (QED) is 0.659. The van der Waals surface area contributed by atoms with Crippen molar-refractivity contribution >= 4 is 44.7 Å². The Morgan fingerprint density at radius 2 is 1.96 bits per heavy atom. The molecule has 0 saturated carbocycles. The number of halogens is 1. The van der Waals surface area contributed by atoms with Gasteiger partial charge >= 0.3 is 5.69 Å². The number of hydrogen-bond acceptors (Lipinski definition) is 4. The summed E-state index contributed by atoms with van der Waals surface area (Å²) in [5.74, 6) is -0.0276. The molecule has 148 valence electrons. The third-order valence-electron chi connectivity index (χ3n) is 4.47. The molecule has 0 bridgehead atoms. The Balaban J connectivity index is 1.95. The molecule has 0 aliphatic rings. The summed E-state index contributed by atoms with van der Waals surface area (Å²) in [5.41, 5.74) is 1.18. The van der Waals surface area contributed by atoms with Crippen LogP contribution in [0.15, 0.2) is 39.2 Å². The van der Waals surface area contributed by atoms with Gasteiger partial charge in [-0.2, -0.15) is 0 Å². The number of carbonyl (C=O) groups is 1. The van der Waals surface area contributed by atoms with Crippen molar-refractivity contribution in [3.8, 4) is 0 Å². The summed E-state index contributed by atoms with van der Waals surface area (Å²) < 4.78 is 3.06. The highest BCUT2D eigenvalue weighted by atomic mass is 35.5. The van der Waals surface area contributed by atoms with E-state index in [1.54, 1.807) is 23.6 Å². The van der Waals surface area contributed by atoms with Gasteiger partial charge in [0.15, 0.2) is 0 Å². The molecule has 0 radical (unpaired) electrons. The molecule has 1 aromatic carbocycles. The zero-order chi connectivity index (χ0) is 20.4. The number of amides is 1. The Bertz CT molecular complexity index is 1140. The molecule has 0 spiro atoms. The normalized spacial score (nSPS) is 11.3. The lowest BCUT2D eigenvalue weighted by Crippen LogP contribution is -2.41. The summed E-state index contributed by atoms with van der Waals surface area (Å²) in [5, 5.41) is 4.93. The Labute approximate surface area is 171 Å². The summed E-state index contributed by atoms with van der Waals surface area (Å²) in [6.07, 6.45) is 0.706. The number of nitrogens with zero attached hydrogens (tertiary/aromatic N) is 2. The van der Waals surface area contributed by atoms with Crippen LogP contribution in [0.3, 0.4) is 0 Å². The van der Waals surface area contributed by atoms with Gasteiger partial charge < -0.3 is 5.32 Å². The molecular weight excluding hydrogens is 398 g/mol. The molecule has 6 nitrogen and oxygen atoms in total. The number of aromatic nitrogens is 2. The van der Waals surface area contributed by atoms with Crippen LogP contribution in [0.4, 0.5) is 5.69 Å². The van der Waals surface area contributed by atoms with Crippen molar-refractivity contribution in [1.82, 2.24) is 9.13 Å². The van der Waals surface area contributed by atoms with E-state index in [0.717, 1.165) is 5.56 Å². The highest BCUT2D eigenvalue weighted by molar-refractivity contribution is 7.17. The molecule has 2 aromatic heterocycles. The van der Waals surface area contributed by atoms with Crippen molar-refractivity contribution in [3.63, 3.8) is 0 Å². The Morgan fingerprint density at radius 3 is 2.64 bits per heavy atom. The van der Waals surface area contributed by atoms with Crippen LogP contribution in [0.25, 0.3) is 10.2 Å². The molecule has 0 fully saturated rings. The van der Waals surface area contributed by atoms with Gasteiger partial charge in [0.25, 0.3) is 5.56 Å². The van der Waals surface area contributed by atoms with Crippen molar-refractivity contribution in [1.29, 1.82) is 0 Å². The Morgan fingerprint density at radius 1 is 1.21 bits per heavy atom. The van der Waals surface area contributed by atoms with Crippen LogP contribution in [-0.4, -0.2) is 15.0 Å². The summed E-state index contributed by atoms with van der Waals surface area (Å²) in [7, 11) is 0. The van der Waals surface area contributed by atoms with E-state index < -0.39 is 5.69 Å². The molecule has 0 unspecified atom stereocenters. The Kier molecular flexibility index (Phi) is 6.05. The Hall–Kier alpha value is -2.38. The van der Waals surface area contributed by atoms with Crippen LogP contribution in [0.2, 0.25) is 5.02 Å². The van der Waals surface area contributed by atoms with E-state index in [1.165, 1.54) is 20.5 Å². The first-order valence-corrected chi connectivity index (χ1v) is 10.3. The van der Waals surface area contributed by atoms with E-state index in [9.17, 15) is 14.4 Å². The van der Waals surface area contributed by atoms with Gasteiger partial charge in [0.1, 0.15) is 11.2 Å². The maximum absolute atomic E-state index is 12.9. The van der Waals surface area contributed by atoms with Gasteiger partial charge in [-0.1, -0.05) is 31.5 Å². The highest BCUT2D eigenvalue weighted by Crippen LogP contribution is 2.23. The van der Waals surface area contributed by atoms with E-state index in [0.29, 0.717) is 39.8 Å². The summed E-state index contributed by atoms with van der Waals surface area (Å²) in [6.45, 7) is 6.11. The number of hydrogen-bond donors (Lipinski definition) is 1. The van der Waals surface area contributed by atoms with Crippen LogP contribution in [0.1, 0.15) is 25.8 Å². The van der Waals surface area contributed by atoms with Gasteiger partial charge in [-0.3, -0.25) is 18.7 Å². The molecule has 1 amide bonds. The van der Waals surface area contributed by atoms with Crippen molar-refractivity contribution < 1.29 is 4.79 Å². The maximum atomic E-state index is 12.9. The molecule has 3 aromatic rings. The van der Waals surface area contributed by atoms with E-state index in [1.807, 2.05) is 26.8 Å². The number of fused-ring (bicyclic) bond motifs is 1. The minimum absolute atomic E-state index is 0.196. The fraction of sp³-hybridized carbons (Fsp3) is 0.350. The second-order valence-corrected chi connectivity index (χ2v) is 8.50. The first kappa shape index (κ1) is 20.4. The summed E-state index contributed by atoms with van der Waals surface area (Å²) in [6, 6.07) is 7.02. The zero-order valence-corrected chi connectivity index (χ0v) is 17.6. The van der Waals surface area contributed by atoms with Crippen LogP contribution >= 0.6 is 22.9 Å². The fourth-order valence-corrected chi connectivity index (χ4v) is 4.05. The number of rotatable bonds is 6. The zero-order valence-electron chi connectivity index (χ0n) is 16.0. The van der Waals surface area contributed by atoms with Crippen molar-refractivity contribution in [2.75, 3.05) is 5.32 Å². The summed E-state index contributed by atoms with van der Waals surface area (Å²) in [4.78, 5) is 38.2. The van der Waals surface area contributed by atoms with Gasteiger partial charge in [0.2, 0.25) is 5.91 Å². The number of aryl methyl sites for hydroxylation is 1. The molecule has 0 saturated heterocycles. The SMILES string of the molecule is Cc1ccc(NC(=O)Cn2c(=O)n(CCC(C)C)c(=O)c3sccc32)c(Cl)c1. The fourth-order valence-electron chi connectivity index (χ4n) is 2.93. The van der Waals surface area contributed by atoms with Crippen LogP contribution in [-0.2, 0) is 17.9 Å². The van der Waals surface area contributed by atoms with Gasteiger partial charge in [0, 0.05) is 6.54 Å². The predicted molar refractivity (Wildman–Crippen MR) is 115 cm³/mol.